The SMILES string of the molecule is CCOC(=O)C(CC1CC2(C1)OCCO2)c1ccc(-c2c(OC(F)F)ccc(Cl)c2F)cn1. The molecule has 33 heavy (non-hydrogen) atoms. The van der Waals surface area contributed by atoms with Crippen LogP contribution in [-0.2, 0) is 19.0 Å². The van der Waals surface area contributed by atoms with Gasteiger partial charge in [-0.25, -0.2) is 4.39 Å². The van der Waals surface area contributed by atoms with Crippen LogP contribution in [0.2, 0.25) is 5.02 Å². The molecule has 1 aromatic carbocycles. The number of aromatic nitrogens is 1. The summed E-state index contributed by atoms with van der Waals surface area (Å²) in [5.41, 5.74) is 0.392. The molecule has 0 N–H and O–H groups in total. The van der Waals surface area contributed by atoms with Gasteiger partial charge in [0.15, 0.2) is 11.6 Å². The summed E-state index contributed by atoms with van der Waals surface area (Å²) in [7, 11) is 0. The van der Waals surface area contributed by atoms with Crippen LogP contribution < -0.4 is 4.74 Å². The molecule has 1 unspecified atom stereocenters. The van der Waals surface area contributed by atoms with Gasteiger partial charge in [0.2, 0.25) is 0 Å². The molecule has 1 atom stereocenters. The standard InChI is InChI=1S/C23H23ClF3NO5/c1-2-30-21(29)15(9-13-10-23(11-13)31-7-8-32-23)17-5-3-14(12-28-17)19-18(33-22(26)27)6-4-16(24)20(19)25/h3-6,12-13,15,22H,2,7-11H2,1H3. The number of carbonyl (C=O) groups is 1. The third-order valence-electron chi connectivity index (χ3n) is 5.86. The van der Waals surface area contributed by atoms with Gasteiger partial charge in [-0.05, 0) is 37.5 Å². The summed E-state index contributed by atoms with van der Waals surface area (Å²) >= 11 is 5.84. The summed E-state index contributed by atoms with van der Waals surface area (Å²) < 4.78 is 61.3. The summed E-state index contributed by atoms with van der Waals surface area (Å²) in [6, 6.07) is 5.36. The van der Waals surface area contributed by atoms with E-state index >= 15 is 0 Å². The Hall–Kier alpha value is -2.36. The average Bonchev–Trinajstić information content (AvgIpc) is 3.24. The molecule has 2 aromatic rings. The largest absolute Gasteiger partial charge is 0.465 e. The number of carbonyl (C=O) groups excluding carboxylic acids is 1. The minimum atomic E-state index is -3.14. The number of rotatable bonds is 8. The van der Waals surface area contributed by atoms with Gasteiger partial charge in [0.1, 0.15) is 5.75 Å². The third-order valence-corrected chi connectivity index (χ3v) is 6.15. The Morgan fingerprint density at radius 1 is 1.24 bits per heavy atom. The zero-order valence-electron chi connectivity index (χ0n) is 17.9. The van der Waals surface area contributed by atoms with E-state index in [2.05, 4.69) is 9.72 Å². The zero-order chi connectivity index (χ0) is 23.6. The van der Waals surface area contributed by atoms with Gasteiger partial charge in [-0.2, -0.15) is 8.78 Å². The molecular formula is C23H23ClF3NO5. The van der Waals surface area contributed by atoms with Crippen molar-refractivity contribution in [2.24, 2.45) is 5.92 Å². The maximum Gasteiger partial charge on any atom is 0.387 e. The van der Waals surface area contributed by atoms with Crippen LogP contribution in [0, 0.1) is 11.7 Å². The Bertz CT molecular complexity index is 990. The van der Waals surface area contributed by atoms with Gasteiger partial charge in [0, 0.05) is 24.6 Å². The van der Waals surface area contributed by atoms with Gasteiger partial charge in [-0.15, -0.1) is 0 Å². The van der Waals surface area contributed by atoms with Crippen molar-refractivity contribution in [3.63, 3.8) is 0 Å². The van der Waals surface area contributed by atoms with E-state index in [1.54, 1.807) is 13.0 Å². The van der Waals surface area contributed by atoms with Crippen molar-refractivity contribution in [3.8, 4) is 16.9 Å². The molecule has 2 heterocycles. The van der Waals surface area contributed by atoms with Crippen LogP contribution in [-0.4, -0.2) is 43.2 Å². The predicted molar refractivity (Wildman–Crippen MR) is 113 cm³/mol. The summed E-state index contributed by atoms with van der Waals surface area (Å²) in [6.07, 6.45) is 3.16. The molecule has 0 amide bonds. The first-order valence-corrected chi connectivity index (χ1v) is 11.0. The van der Waals surface area contributed by atoms with Crippen LogP contribution in [0.15, 0.2) is 30.5 Å². The van der Waals surface area contributed by atoms with Crippen LogP contribution in [0.1, 0.15) is 37.8 Å². The van der Waals surface area contributed by atoms with E-state index in [1.165, 1.54) is 18.3 Å². The van der Waals surface area contributed by atoms with Crippen LogP contribution in [0.25, 0.3) is 11.1 Å². The number of benzene rings is 1. The summed E-state index contributed by atoms with van der Waals surface area (Å²) in [6.45, 7) is -0.0708. The number of hydrogen-bond donors (Lipinski definition) is 0. The monoisotopic (exact) mass is 485 g/mol. The zero-order valence-corrected chi connectivity index (χ0v) is 18.6. The van der Waals surface area contributed by atoms with Gasteiger partial charge >= 0.3 is 12.6 Å². The first-order chi connectivity index (χ1) is 15.8. The highest BCUT2D eigenvalue weighted by atomic mass is 35.5. The van der Waals surface area contributed by atoms with Crippen molar-refractivity contribution in [1.82, 2.24) is 4.98 Å². The Balaban J connectivity index is 1.57. The summed E-state index contributed by atoms with van der Waals surface area (Å²) in [5.74, 6) is -2.66. The fourth-order valence-corrected chi connectivity index (χ4v) is 4.55. The number of halogens is 4. The number of nitrogens with zero attached hydrogens (tertiary/aromatic N) is 1. The lowest BCUT2D eigenvalue weighted by molar-refractivity contribution is -0.232. The molecule has 1 spiro atoms. The lowest BCUT2D eigenvalue weighted by atomic mass is 9.73. The fourth-order valence-electron chi connectivity index (χ4n) is 4.39. The molecule has 1 aliphatic heterocycles. The van der Waals surface area contributed by atoms with E-state index in [0.29, 0.717) is 38.2 Å². The van der Waals surface area contributed by atoms with Gasteiger partial charge in [-0.3, -0.25) is 9.78 Å². The van der Waals surface area contributed by atoms with Crippen LogP contribution in [0.3, 0.4) is 0 Å². The summed E-state index contributed by atoms with van der Waals surface area (Å²) in [5, 5.41) is -0.240. The topological polar surface area (TPSA) is 66.9 Å². The van der Waals surface area contributed by atoms with E-state index in [9.17, 15) is 18.0 Å². The van der Waals surface area contributed by atoms with Crippen LogP contribution in [0.5, 0.6) is 5.75 Å². The molecule has 0 bridgehead atoms. The van der Waals surface area contributed by atoms with E-state index in [4.69, 9.17) is 25.8 Å². The van der Waals surface area contributed by atoms with Gasteiger partial charge in [0.25, 0.3) is 0 Å². The lowest BCUT2D eigenvalue weighted by Crippen LogP contribution is -2.45. The van der Waals surface area contributed by atoms with Crippen molar-refractivity contribution in [2.45, 2.75) is 44.5 Å². The van der Waals surface area contributed by atoms with Crippen molar-refractivity contribution < 1.29 is 36.9 Å². The highest BCUT2D eigenvalue weighted by Crippen LogP contribution is 2.48. The van der Waals surface area contributed by atoms with Crippen LogP contribution >= 0.6 is 11.6 Å². The Morgan fingerprint density at radius 2 is 1.97 bits per heavy atom. The number of pyridine rings is 1. The van der Waals surface area contributed by atoms with Crippen molar-refractivity contribution in [2.75, 3.05) is 19.8 Å². The number of esters is 1. The second kappa shape index (κ2) is 9.87. The van der Waals surface area contributed by atoms with Gasteiger partial charge in [0.05, 0.1) is 42.0 Å². The quantitative estimate of drug-likeness (QED) is 0.471. The summed E-state index contributed by atoms with van der Waals surface area (Å²) in [4.78, 5) is 17.0. The molecule has 0 radical (unpaired) electrons. The molecule has 2 fully saturated rings. The van der Waals surface area contributed by atoms with Crippen LogP contribution in [0.4, 0.5) is 13.2 Å². The maximum absolute atomic E-state index is 14.7. The van der Waals surface area contributed by atoms with E-state index in [-0.39, 0.29) is 34.4 Å². The predicted octanol–water partition coefficient (Wildman–Crippen LogP) is 5.33. The minimum absolute atomic E-state index is 0.187. The molecule has 4 rings (SSSR count). The molecule has 1 saturated heterocycles. The number of ether oxygens (including phenoxy) is 4. The minimum Gasteiger partial charge on any atom is -0.465 e. The lowest BCUT2D eigenvalue weighted by Gasteiger charge is -2.43. The molecule has 2 aliphatic rings. The molecule has 178 valence electrons. The normalized spacial score (nSPS) is 18.4. The molecular weight excluding hydrogens is 463 g/mol. The highest BCUT2D eigenvalue weighted by Gasteiger charge is 2.50. The second-order valence-corrected chi connectivity index (χ2v) is 8.41. The Kier molecular flexibility index (Phi) is 7.11. The number of hydrogen-bond acceptors (Lipinski definition) is 6. The third kappa shape index (κ3) is 5.10. The highest BCUT2D eigenvalue weighted by molar-refractivity contribution is 6.31. The van der Waals surface area contributed by atoms with Gasteiger partial charge < -0.3 is 18.9 Å². The van der Waals surface area contributed by atoms with E-state index in [1.807, 2.05) is 0 Å². The fraction of sp³-hybridized carbons (Fsp3) is 0.478. The van der Waals surface area contributed by atoms with Crippen molar-refractivity contribution >= 4 is 17.6 Å². The van der Waals surface area contributed by atoms with E-state index < -0.39 is 30.1 Å². The number of alkyl halides is 2. The smallest absolute Gasteiger partial charge is 0.387 e. The molecule has 6 nitrogen and oxygen atoms in total. The second-order valence-electron chi connectivity index (χ2n) is 8.01. The average molecular weight is 486 g/mol. The Labute approximate surface area is 193 Å². The van der Waals surface area contributed by atoms with Crippen molar-refractivity contribution in [1.29, 1.82) is 0 Å². The molecule has 10 heteroatoms. The molecule has 1 saturated carbocycles. The first-order valence-electron chi connectivity index (χ1n) is 10.7. The van der Waals surface area contributed by atoms with Gasteiger partial charge in [-0.1, -0.05) is 17.7 Å². The molecule has 1 aliphatic carbocycles. The first kappa shape index (κ1) is 23.8. The maximum atomic E-state index is 14.7. The van der Waals surface area contributed by atoms with Crippen molar-refractivity contribution in [3.05, 3.63) is 47.0 Å². The molecule has 1 aromatic heterocycles. The van der Waals surface area contributed by atoms with E-state index in [0.717, 1.165) is 6.07 Å². The Morgan fingerprint density at radius 3 is 2.58 bits per heavy atom.